The predicted octanol–water partition coefficient (Wildman–Crippen LogP) is 7.04. The lowest BCUT2D eigenvalue weighted by Gasteiger charge is -2.53. The lowest BCUT2D eigenvalue weighted by molar-refractivity contribution is -0.143. The average molecular weight is 735 g/mol. The number of Topliss-reactive ketones (excluding diaryl/α,β-unsaturated/α-hetero) is 1. The standard InChI is InChI=1S/C34H37F6N5O2.2ClH/c35-33(36,37)26-18-24(19-27(20-26)34(38,39)40)31(47)32(21-25-22-41-30-9-5-4-8-29(25)30)23-45(15-12-43(32)16-17-46)44-13-10-42(11-14-44)28-6-2-1-3-7-28;;/h4-5,8-9,16,18-20,22,28,41H,1-3,6-7,10-15,21,23H2;2*1H. The van der Waals surface area contributed by atoms with E-state index in [0.717, 1.165) is 43.0 Å². The van der Waals surface area contributed by atoms with Crippen LogP contribution in [0.3, 0.4) is 0 Å². The molecule has 1 aromatic heterocycles. The van der Waals surface area contributed by atoms with Gasteiger partial charge in [0.2, 0.25) is 0 Å². The summed E-state index contributed by atoms with van der Waals surface area (Å²) in [6.45, 7) is 3.44. The van der Waals surface area contributed by atoms with Crippen LogP contribution in [0.25, 0.3) is 10.9 Å². The highest BCUT2D eigenvalue weighted by Gasteiger charge is 2.50. The number of para-hydroxylation sites is 1. The summed E-state index contributed by atoms with van der Waals surface area (Å²) >= 11 is 0. The Morgan fingerprint density at radius 2 is 1.47 bits per heavy atom. The molecule has 1 atom stereocenters. The molecular weight excluding hydrogens is 695 g/mol. The van der Waals surface area contributed by atoms with Crippen LogP contribution in [0.4, 0.5) is 26.3 Å². The summed E-state index contributed by atoms with van der Waals surface area (Å²) in [5.74, 6) is 0.781. The van der Waals surface area contributed by atoms with Gasteiger partial charge in [-0.05, 0) is 42.7 Å². The summed E-state index contributed by atoms with van der Waals surface area (Å²) < 4.78 is 83.5. The quantitative estimate of drug-likeness (QED) is 0.160. The molecular formula is C34H39Cl2F6N5O2. The van der Waals surface area contributed by atoms with Crippen LogP contribution >= 0.6 is 24.8 Å². The maximum absolute atomic E-state index is 14.7. The van der Waals surface area contributed by atoms with E-state index in [1.54, 1.807) is 18.2 Å². The molecule has 3 heterocycles. The summed E-state index contributed by atoms with van der Waals surface area (Å²) in [6.07, 6.45) is -1.59. The number of halogens is 8. The van der Waals surface area contributed by atoms with Gasteiger partial charge < -0.3 is 9.88 Å². The molecule has 6 rings (SSSR count). The second-order valence-corrected chi connectivity index (χ2v) is 12.8. The fraction of sp³-hybridized carbons (Fsp3) is 0.500. The molecule has 3 aliphatic rings. The summed E-state index contributed by atoms with van der Waals surface area (Å²) in [5, 5.41) is 4.87. The number of rotatable bonds is 7. The minimum Gasteiger partial charge on any atom is -0.361 e. The smallest absolute Gasteiger partial charge is 0.361 e. The van der Waals surface area contributed by atoms with Crippen molar-refractivity contribution in [1.29, 1.82) is 0 Å². The Kier molecular flexibility index (Phi) is 12.2. The number of hydrazine groups is 1. The molecule has 0 amide bonds. The van der Waals surface area contributed by atoms with Gasteiger partial charge in [-0.1, -0.05) is 37.5 Å². The number of hydrogen-bond donors (Lipinski definition) is 1. The molecule has 0 spiro atoms. The van der Waals surface area contributed by atoms with E-state index in [1.807, 2.05) is 23.2 Å². The van der Waals surface area contributed by atoms with Crippen molar-refractivity contribution in [3.8, 4) is 0 Å². The van der Waals surface area contributed by atoms with Crippen molar-refractivity contribution >= 4 is 47.4 Å². The maximum Gasteiger partial charge on any atom is 0.416 e. The van der Waals surface area contributed by atoms with Gasteiger partial charge in [0.25, 0.3) is 0 Å². The van der Waals surface area contributed by atoms with Crippen molar-refractivity contribution in [2.45, 2.75) is 62.5 Å². The number of fused-ring (bicyclic) bond motifs is 1. The monoisotopic (exact) mass is 733 g/mol. The van der Waals surface area contributed by atoms with Gasteiger partial charge in [-0.15, -0.1) is 24.8 Å². The first kappa shape index (κ1) is 38.7. The summed E-state index contributed by atoms with van der Waals surface area (Å²) in [5.41, 5.74) is -4.18. The lowest BCUT2D eigenvalue weighted by atomic mass is 9.79. The SMILES string of the molecule is Cl.Cl.O=C=CN1CCN(N2CCN(C3CCCCC3)CC2)CC1(Cc1c[nH]c2ccccc12)C(=O)c1cc(C(F)(F)F)cc(C(F)(F)F)c1. The first-order valence-electron chi connectivity index (χ1n) is 16.0. The fourth-order valence-corrected chi connectivity index (χ4v) is 7.60. The number of H-pyrrole nitrogens is 1. The molecule has 2 aromatic carbocycles. The van der Waals surface area contributed by atoms with E-state index in [9.17, 15) is 35.9 Å². The molecule has 268 valence electrons. The van der Waals surface area contributed by atoms with E-state index >= 15 is 0 Å². The average Bonchev–Trinajstić information content (AvgIpc) is 3.47. The van der Waals surface area contributed by atoms with E-state index in [4.69, 9.17) is 0 Å². The third-order valence-corrected chi connectivity index (χ3v) is 10.0. The zero-order chi connectivity index (χ0) is 33.4. The fourth-order valence-electron chi connectivity index (χ4n) is 7.60. The Balaban J connectivity index is 0.00000270. The summed E-state index contributed by atoms with van der Waals surface area (Å²) in [6, 6.07) is 8.81. The Morgan fingerprint density at radius 3 is 2.08 bits per heavy atom. The third-order valence-electron chi connectivity index (χ3n) is 10.0. The normalized spacial score (nSPS) is 21.9. The molecule has 49 heavy (non-hydrogen) atoms. The number of alkyl halides is 6. The van der Waals surface area contributed by atoms with Gasteiger partial charge >= 0.3 is 12.4 Å². The number of ketones is 1. The third kappa shape index (κ3) is 8.13. The molecule has 1 unspecified atom stereocenters. The molecule has 15 heteroatoms. The van der Waals surface area contributed by atoms with Crippen molar-refractivity contribution in [1.82, 2.24) is 24.8 Å². The Bertz CT molecular complexity index is 1610. The molecule has 1 saturated carbocycles. The minimum atomic E-state index is -5.13. The second-order valence-electron chi connectivity index (χ2n) is 12.8. The highest BCUT2D eigenvalue weighted by molar-refractivity contribution is 6.04. The predicted molar refractivity (Wildman–Crippen MR) is 179 cm³/mol. The van der Waals surface area contributed by atoms with Crippen LogP contribution in [0, 0.1) is 0 Å². The number of nitrogens with zero attached hydrogens (tertiary/aromatic N) is 4. The number of nitrogens with one attached hydrogen (secondary N) is 1. The van der Waals surface area contributed by atoms with E-state index in [-0.39, 0.29) is 50.4 Å². The van der Waals surface area contributed by atoms with E-state index in [2.05, 4.69) is 14.9 Å². The first-order chi connectivity index (χ1) is 22.4. The maximum atomic E-state index is 14.7. The van der Waals surface area contributed by atoms with Crippen molar-refractivity contribution in [2.75, 3.05) is 45.8 Å². The van der Waals surface area contributed by atoms with Gasteiger partial charge in [0, 0.05) is 80.9 Å². The van der Waals surface area contributed by atoms with Crippen LogP contribution in [0.15, 0.2) is 54.9 Å². The molecule has 0 radical (unpaired) electrons. The minimum absolute atomic E-state index is 0. The number of benzene rings is 2. The highest BCUT2D eigenvalue weighted by Crippen LogP contribution is 2.39. The number of piperazine rings is 2. The van der Waals surface area contributed by atoms with E-state index in [1.165, 1.54) is 24.2 Å². The van der Waals surface area contributed by atoms with Gasteiger partial charge in [0.1, 0.15) is 11.5 Å². The molecule has 3 aromatic rings. The topological polar surface area (TPSA) is 62.9 Å². The first-order valence-corrected chi connectivity index (χ1v) is 16.0. The molecule has 7 nitrogen and oxygen atoms in total. The van der Waals surface area contributed by atoms with E-state index in [0.29, 0.717) is 43.4 Å². The summed E-state index contributed by atoms with van der Waals surface area (Å²) in [4.78, 5) is 33.6. The number of aromatic nitrogens is 1. The summed E-state index contributed by atoms with van der Waals surface area (Å²) in [7, 11) is 0. The number of carbonyl (C=O) groups excluding carboxylic acids is 2. The van der Waals surface area contributed by atoms with Crippen molar-refractivity contribution < 1.29 is 35.9 Å². The molecule has 1 aliphatic carbocycles. The van der Waals surface area contributed by atoms with Crippen molar-refractivity contribution in [3.05, 3.63) is 77.1 Å². The van der Waals surface area contributed by atoms with Crippen molar-refractivity contribution in [3.63, 3.8) is 0 Å². The van der Waals surface area contributed by atoms with Gasteiger partial charge in [0.05, 0.1) is 17.3 Å². The Labute approximate surface area is 293 Å². The van der Waals surface area contributed by atoms with Crippen LogP contribution in [-0.4, -0.2) is 93.9 Å². The number of hydrogen-bond acceptors (Lipinski definition) is 6. The van der Waals surface area contributed by atoms with E-state index < -0.39 is 40.4 Å². The molecule has 2 saturated heterocycles. The largest absolute Gasteiger partial charge is 0.416 e. The Morgan fingerprint density at radius 1 is 0.857 bits per heavy atom. The zero-order valence-electron chi connectivity index (χ0n) is 26.7. The molecule has 0 bridgehead atoms. The van der Waals surface area contributed by atoms with Crippen LogP contribution < -0.4 is 0 Å². The lowest BCUT2D eigenvalue weighted by Crippen LogP contribution is -2.69. The number of carbonyl (C=O) groups is 1. The molecule has 2 aliphatic heterocycles. The van der Waals surface area contributed by atoms with Gasteiger partial charge in [-0.2, -0.15) is 26.3 Å². The van der Waals surface area contributed by atoms with Crippen LogP contribution in [0.5, 0.6) is 0 Å². The molecule has 1 N–H and O–H groups in total. The van der Waals surface area contributed by atoms with Crippen molar-refractivity contribution in [2.24, 2.45) is 0 Å². The Hall–Kier alpha value is -3.06. The second kappa shape index (κ2) is 15.4. The molecule has 3 fully saturated rings. The van der Waals surface area contributed by atoms with Gasteiger partial charge in [-0.25, -0.2) is 14.8 Å². The number of aromatic amines is 1. The van der Waals surface area contributed by atoms with Crippen LogP contribution in [-0.2, 0) is 23.6 Å². The van der Waals surface area contributed by atoms with Crippen LogP contribution in [0.2, 0.25) is 0 Å². The van der Waals surface area contributed by atoms with Gasteiger partial charge in [-0.3, -0.25) is 9.69 Å². The van der Waals surface area contributed by atoms with Crippen LogP contribution in [0.1, 0.15) is 59.2 Å². The van der Waals surface area contributed by atoms with Gasteiger partial charge in [0.15, 0.2) is 5.78 Å². The highest BCUT2D eigenvalue weighted by atomic mass is 35.5. The zero-order valence-corrected chi connectivity index (χ0v) is 28.3.